The summed E-state index contributed by atoms with van der Waals surface area (Å²) in [4.78, 5) is 28.3. The highest BCUT2D eigenvalue weighted by atomic mass is 32.2. The summed E-state index contributed by atoms with van der Waals surface area (Å²) in [5.41, 5.74) is 2.81. The van der Waals surface area contributed by atoms with E-state index < -0.39 is 34.3 Å². The molecular formula is C29H34FN3O4S. The molecule has 1 N–H and O–H groups in total. The van der Waals surface area contributed by atoms with Gasteiger partial charge in [0.1, 0.15) is 18.4 Å². The monoisotopic (exact) mass is 539 g/mol. The maximum Gasteiger partial charge on any atom is 0.264 e. The van der Waals surface area contributed by atoms with Gasteiger partial charge in [-0.1, -0.05) is 48.9 Å². The number of carbonyl (C=O) groups excluding carboxylic acids is 2. The summed E-state index contributed by atoms with van der Waals surface area (Å²) >= 11 is 0. The first kappa shape index (κ1) is 28.8. The maximum absolute atomic E-state index is 13.9. The summed E-state index contributed by atoms with van der Waals surface area (Å²) in [7, 11) is -4.19. The molecule has 0 heterocycles. The molecule has 0 saturated heterocycles. The maximum atomic E-state index is 13.9. The van der Waals surface area contributed by atoms with Crippen molar-refractivity contribution in [3.63, 3.8) is 0 Å². The average molecular weight is 540 g/mol. The van der Waals surface area contributed by atoms with Gasteiger partial charge >= 0.3 is 0 Å². The van der Waals surface area contributed by atoms with E-state index in [1.807, 2.05) is 38.1 Å². The summed E-state index contributed by atoms with van der Waals surface area (Å²) in [5, 5.41) is 2.78. The summed E-state index contributed by atoms with van der Waals surface area (Å²) in [5.74, 6) is -1.39. The van der Waals surface area contributed by atoms with Gasteiger partial charge in [-0.25, -0.2) is 12.8 Å². The van der Waals surface area contributed by atoms with Crippen LogP contribution in [0.25, 0.3) is 0 Å². The van der Waals surface area contributed by atoms with Gasteiger partial charge in [0.15, 0.2) is 0 Å². The van der Waals surface area contributed by atoms with Gasteiger partial charge in [0.2, 0.25) is 11.8 Å². The van der Waals surface area contributed by atoms with E-state index in [0.29, 0.717) is 13.0 Å². The smallest absolute Gasteiger partial charge is 0.264 e. The number of rotatable bonds is 11. The van der Waals surface area contributed by atoms with E-state index >= 15 is 0 Å². The van der Waals surface area contributed by atoms with Crippen LogP contribution in [0, 0.1) is 19.7 Å². The van der Waals surface area contributed by atoms with Crippen molar-refractivity contribution in [2.45, 2.75) is 51.6 Å². The molecular weight excluding hydrogens is 505 g/mol. The van der Waals surface area contributed by atoms with Crippen LogP contribution >= 0.6 is 0 Å². The molecule has 0 fully saturated rings. The summed E-state index contributed by atoms with van der Waals surface area (Å²) in [6, 6.07) is 17.9. The lowest BCUT2D eigenvalue weighted by atomic mass is 10.1. The zero-order chi connectivity index (χ0) is 27.9. The predicted molar refractivity (Wildman–Crippen MR) is 147 cm³/mol. The van der Waals surface area contributed by atoms with Crippen LogP contribution in [0.4, 0.5) is 10.1 Å². The van der Waals surface area contributed by atoms with E-state index in [2.05, 4.69) is 5.32 Å². The topological polar surface area (TPSA) is 86.8 Å². The summed E-state index contributed by atoms with van der Waals surface area (Å²) in [6.07, 6.45) is 0.338. The SMILES string of the molecule is CCNC(=O)C(CC)N(Cc1ccccc1C)C(=O)CN(c1ccc(F)cc1)S(=O)(=O)c1ccc(C)cc1. The molecule has 0 spiro atoms. The normalized spacial score (nSPS) is 12.0. The number of sulfonamides is 1. The Balaban J connectivity index is 2.06. The summed E-state index contributed by atoms with van der Waals surface area (Å²) in [6.45, 7) is 7.31. The number of halogens is 1. The van der Waals surface area contributed by atoms with Gasteiger partial charge in [0.25, 0.3) is 10.0 Å². The number of aryl methyl sites for hydroxylation is 2. The fraction of sp³-hybridized carbons (Fsp3) is 0.310. The molecule has 7 nitrogen and oxygen atoms in total. The molecule has 3 aromatic rings. The van der Waals surface area contributed by atoms with Crippen LogP contribution < -0.4 is 9.62 Å². The first-order valence-corrected chi connectivity index (χ1v) is 14.0. The third kappa shape index (κ3) is 6.77. The zero-order valence-electron chi connectivity index (χ0n) is 22.1. The Bertz CT molecular complexity index is 1360. The molecule has 2 amide bonds. The number of hydrogen-bond donors (Lipinski definition) is 1. The Hall–Kier alpha value is -3.72. The van der Waals surface area contributed by atoms with Crippen LogP contribution in [0.5, 0.6) is 0 Å². The van der Waals surface area contributed by atoms with Crippen LogP contribution in [-0.4, -0.2) is 44.3 Å². The quantitative estimate of drug-likeness (QED) is 0.387. The zero-order valence-corrected chi connectivity index (χ0v) is 23.0. The first-order valence-electron chi connectivity index (χ1n) is 12.5. The molecule has 0 saturated carbocycles. The number of anilines is 1. The fourth-order valence-electron chi connectivity index (χ4n) is 4.16. The molecule has 3 aromatic carbocycles. The molecule has 0 aliphatic heterocycles. The van der Waals surface area contributed by atoms with Gasteiger partial charge in [-0.15, -0.1) is 0 Å². The minimum Gasteiger partial charge on any atom is -0.355 e. The van der Waals surface area contributed by atoms with Gasteiger partial charge in [0.05, 0.1) is 10.6 Å². The van der Waals surface area contributed by atoms with Gasteiger partial charge in [0, 0.05) is 13.1 Å². The largest absolute Gasteiger partial charge is 0.355 e. The molecule has 0 aromatic heterocycles. The van der Waals surface area contributed by atoms with E-state index in [1.54, 1.807) is 26.0 Å². The Morgan fingerprint density at radius 1 is 0.921 bits per heavy atom. The van der Waals surface area contributed by atoms with Crippen molar-refractivity contribution in [2.75, 3.05) is 17.4 Å². The third-order valence-corrected chi connectivity index (χ3v) is 8.13. The van der Waals surface area contributed by atoms with Crippen molar-refractivity contribution in [1.82, 2.24) is 10.2 Å². The molecule has 0 bridgehead atoms. The van der Waals surface area contributed by atoms with E-state index in [4.69, 9.17) is 0 Å². The van der Waals surface area contributed by atoms with E-state index in [0.717, 1.165) is 33.1 Å². The Labute approximate surface area is 224 Å². The number of amides is 2. The molecule has 0 aliphatic carbocycles. The Morgan fingerprint density at radius 2 is 1.55 bits per heavy atom. The van der Waals surface area contributed by atoms with Crippen LogP contribution in [0.1, 0.15) is 37.0 Å². The minimum absolute atomic E-state index is 0.00134. The Kier molecular flexibility index (Phi) is 9.63. The van der Waals surface area contributed by atoms with Gasteiger partial charge < -0.3 is 10.2 Å². The van der Waals surface area contributed by atoms with Crippen molar-refractivity contribution < 1.29 is 22.4 Å². The van der Waals surface area contributed by atoms with Gasteiger partial charge in [-0.05, 0) is 74.7 Å². The first-order chi connectivity index (χ1) is 18.1. The molecule has 0 aliphatic rings. The molecule has 9 heteroatoms. The van der Waals surface area contributed by atoms with E-state index in [9.17, 15) is 22.4 Å². The second-order valence-corrected chi connectivity index (χ2v) is 10.9. The number of nitrogens with one attached hydrogen (secondary N) is 1. The molecule has 3 rings (SSSR count). The summed E-state index contributed by atoms with van der Waals surface area (Å²) < 4.78 is 42.2. The number of hydrogen-bond acceptors (Lipinski definition) is 4. The Morgan fingerprint density at radius 3 is 2.13 bits per heavy atom. The minimum atomic E-state index is -4.19. The molecule has 1 unspecified atom stereocenters. The van der Waals surface area contributed by atoms with Crippen molar-refractivity contribution in [3.8, 4) is 0 Å². The number of carbonyl (C=O) groups is 2. The lowest BCUT2D eigenvalue weighted by molar-refractivity contribution is -0.140. The van der Waals surface area contributed by atoms with Crippen LogP contribution in [-0.2, 0) is 26.2 Å². The molecule has 1 atom stereocenters. The van der Waals surface area contributed by atoms with Crippen LogP contribution in [0.3, 0.4) is 0 Å². The molecule has 38 heavy (non-hydrogen) atoms. The van der Waals surface area contributed by atoms with E-state index in [1.165, 1.54) is 29.2 Å². The average Bonchev–Trinajstić information content (AvgIpc) is 2.89. The lowest BCUT2D eigenvalue weighted by Crippen LogP contribution is -2.52. The molecule has 202 valence electrons. The fourth-order valence-corrected chi connectivity index (χ4v) is 5.57. The number of likely N-dealkylation sites (N-methyl/N-ethyl adjacent to an activating group) is 1. The van der Waals surface area contributed by atoms with Crippen molar-refractivity contribution in [2.24, 2.45) is 0 Å². The standard InChI is InChI=1S/C29H34FN3O4S/c1-5-27(29(35)31-6-2)32(19-23-10-8-7-9-22(23)4)28(34)20-33(25-15-13-24(30)14-16-25)38(36,37)26-17-11-21(3)12-18-26/h7-18,27H,5-6,19-20H2,1-4H3,(H,31,35). The molecule has 0 radical (unpaired) electrons. The van der Waals surface area contributed by atoms with Crippen molar-refractivity contribution >= 4 is 27.5 Å². The highest BCUT2D eigenvalue weighted by molar-refractivity contribution is 7.92. The second-order valence-electron chi connectivity index (χ2n) is 9.07. The predicted octanol–water partition coefficient (Wildman–Crippen LogP) is 4.58. The highest BCUT2D eigenvalue weighted by Crippen LogP contribution is 2.25. The number of nitrogens with zero attached hydrogens (tertiary/aromatic N) is 2. The highest BCUT2D eigenvalue weighted by Gasteiger charge is 2.33. The van der Waals surface area contributed by atoms with Gasteiger partial charge in [-0.3, -0.25) is 13.9 Å². The van der Waals surface area contributed by atoms with Crippen molar-refractivity contribution in [1.29, 1.82) is 0 Å². The van der Waals surface area contributed by atoms with Crippen LogP contribution in [0.2, 0.25) is 0 Å². The second kappa shape index (κ2) is 12.7. The third-order valence-electron chi connectivity index (χ3n) is 6.34. The lowest BCUT2D eigenvalue weighted by Gasteiger charge is -2.33. The number of benzene rings is 3. The van der Waals surface area contributed by atoms with Crippen LogP contribution in [0.15, 0.2) is 77.7 Å². The van der Waals surface area contributed by atoms with E-state index in [-0.39, 0.29) is 23.0 Å². The van der Waals surface area contributed by atoms with Gasteiger partial charge in [-0.2, -0.15) is 0 Å². The van der Waals surface area contributed by atoms with Crippen molar-refractivity contribution in [3.05, 3.63) is 95.3 Å².